The van der Waals surface area contributed by atoms with Crippen LogP contribution in [-0.2, 0) is 20.5 Å². The topological polar surface area (TPSA) is 162 Å². The first-order valence-corrected chi connectivity index (χ1v) is 25.2. The molecule has 0 spiro atoms. The number of urea groups is 2. The van der Waals surface area contributed by atoms with Crippen molar-refractivity contribution in [2.45, 2.75) is 6.42 Å². The third-order valence-corrected chi connectivity index (χ3v) is 14.4. The summed E-state index contributed by atoms with van der Waals surface area (Å²) in [4.78, 5) is 49.0. The van der Waals surface area contributed by atoms with Crippen molar-refractivity contribution in [3.05, 3.63) is 176 Å². The van der Waals surface area contributed by atoms with Gasteiger partial charge in [0, 0.05) is 107 Å². The van der Waals surface area contributed by atoms with Gasteiger partial charge in [-0.15, -0.1) is 22.7 Å². The number of thiocarbonyl (C=S) groups is 1. The second-order valence-electron chi connectivity index (χ2n) is 17.0. The molecule has 2 aliphatic heterocycles. The number of halogens is 2. The highest BCUT2D eigenvalue weighted by atomic mass is 32.1. The fourth-order valence-corrected chi connectivity index (χ4v) is 10.5. The molecule has 0 aliphatic carbocycles. The van der Waals surface area contributed by atoms with E-state index in [0.29, 0.717) is 40.8 Å². The zero-order chi connectivity index (χ0) is 51.3. The van der Waals surface area contributed by atoms with E-state index in [4.69, 9.17) is 27.4 Å². The summed E-state index contributed by atoms with van der Waals surface area (Å²) >= 11 is 8.57. The number of hydrogen-bond donors (Lipinski definition) is 2. The molecule has 10 aromatic rings. The highest BCUT2D eigenvalue weighted by Gasteiger charge is 2.32. The van der Waals surface area contributed by atoms with Gasteiger partial charge in [-0.3, -0.25) is 24.7 Å². The lowest BCUT2D eigenvalue weighted by atomic mass is 10.1. The van der Waals surface area contributed by atoms with Gasteiger partial charge < -0.3 is 29.7 Å². The van der Waals surface area contributed by atoms with E-state index in [1.165, 1.54) is 40.9 Å². The van der Waals surface area contributed by atoms with Crippen LogP contribution >= 0.6 is 34.9 Å². The summed E-state index contributed by atoms with van der Waals surface area (Å²) < 4.78 is 46.2. The van der Waals surface area contributed by atoms with Crippen LogP contribution in [0.1, 0.15) is 5.56 Å². The van der Waals surface area contributed by atoms with Crippen LogP contribution in [0.25, 0.3) is 41.6 Å². The normalized spacial score (nSPS) is 13.2. The lowest BCUT2D eigenvalue weighted by Crippen LogP contribution is -2.36. The van der Waals surface area contributed by atoms with Crippen molar-refractivity contribution in [3.63, 3.8) is 0 Å². The van der Waals surface area contributed by atoms with Crippen molar-refractivity contribution in [1.82, 2.24) is 39.3 Å². The molecule has 74 heavy (non-hydrogen) atoms. The van der Waals surface area contributed by atoms with E-state index in [2.05, 4.69) is 25.3 Å². The number of aromatic nitrogens is 6. The standard InChI is InChI=1S/C28H22FN5O2S2.C17H13FN4OS.C9H10N2O/c1-32-16-22(31-17-32)25-15-21-27(38-25)24(9-10-30-21)36-23-8-7-18(13-20(23)29)14-26(37)34-12-11-33(28(34)35)19-5-3-2-4-6-19;1-22-8-13(21-9-22)16-7-12-17(24-16)15(4-5-20-12)23-14-3-2-10(19)6-11(14)18;12-9-10-6-7-11(9)8-4-2-1-3-5-8/h2-10,13,15-17H,11-12,14H2,1H3;2-9H,19H2,1H3;1-5H,6-7H2,(H,10,12). The maximum atomic E-state index is 15.1. The van der Waals surface area contributed by atoms with E-state index in [-0.39, 0.29) is 30.0 Å². The molecule has 12 rings (SSSR count). The van der Waals surface area contributed by atoms with Crippen molar-refractivity contribution < 1.29 is 27.8 Å². The SMILES string of the molecule is Cn1cnc(-c2cc3nccc(Oc4ccc(CC(=S)N5CCN(c6ccccc6)C5=O)cc4F)c3s2)c1.Cn1cnc(-c2cc3nccc(Oc4ccc(N)cc4F)c3s2)c1.O=C1NCCN1c1ccccc1. The van der Waals surface area contributed by atoms with Gasteiger partial charge in [0.25, 0.3) is 0 Å². The van der Waals surface area contributed by atoms with Crippen LogP contribution in [0, 0.1) is 11.6 Å². The Bertz CT molecular complexity index is 3660. The summed E-state index contributed by atoms with van der Waals surface area (Å²) in [6.45, 7) is 2.56. The Kier molecular flexibility index (Phi) is 14.3. The molecule has 2 aliphatic rings. The predicted octanol–water partition coefficient (Wildman–Crippen LogP) is 11.9. The van der Waals surface area contributed by atoms with E-state index in [9.17, 15) is 14.0 Å². The monoisotopic (exact) mass is 1050 g/mol. The van der Waals surface area contributed by atoms with E-state index in [0.717, 1.165) is 66.0 Å². The molecule has 6 aromatic heterocycles. The van der Waals surface area contributed by atoms with E-state index >= 15 is 4.39 Å². The van der Waals surface area contributed by atoms with Crippen molar-refractivity contribution >= 4 is 89.4 Å². The Morgan fingerprint density at radius 2 is 1.19 bits per heavy atom. The number of thiophene rings is 2. The van der Waals surface area contributed by atoms with Gasteiger partial charge >= 0.3 is 12.1 Å². The van der Waals surface area contributed by atoms with Crippen LogP contribution in [0.2, 0.25) is 0 Å². The highest BCUT2D eigenvalue weighted by molar-refractivity contribution is 7.80. The largest absolute Gasteiger partial charge is 0.453 e. The maximum absolute atomic E-state index is 15.1. The third-order valence-electron chi connectivity index (χ3n) is 11.7. The minimum absolute atomic E-state index is 0.00111. The zero-order valence-corrected chi connectivity index (χ0v) is 42.2. The number of benzene rings is 4. The van der Waals surface area contributed by atoms with Gasteiger partial charge in [-0.25, -0.2) is 28.3 Å². The predicted molar refractivity (Wildman–Crippen MR) is 290 cm³/mol. The molecule has 4 amide bonds. The van der Waals surface area contributed by atoms with E-state index in [1.807, 2.05) is 108 Å². The van der Waals surface area contributed by atoms with Crippen LogP contribution < -0.4 is 30.3 Å². The van der Waals surface area contributed by atoms with Gasteiger partial charge in [-0.05, 0) is 66.2 Å². The minimum Gasteiger partial charge on any atom is -0.453 e. The highest BCUT2D eigenvalue weighted by Crippen LogP contribution is 2.41. The second-order valence-corrected chi connectivity index (χ2v) is 19.6. The fraction of sp³-hybridized carbons (Fsp3) is 0.130. The Hall–Kier alpha value is -8.59. The molecule has 0 unspecified atom stereocenters. The Labute approximate surface area is 436 Å². The summed E-state index contributed by atoms with van der Waals surface area (Å²) in [6, 6.07) is 35.5. The molecular weight excluding hydrogens is 1000 g/mol. The summed E-state index contributed by atoms with van der Waals surface area (Å²) in [6.07, 6.45) is 10.9. The number of hydrogen-bond acceptors (Lipinski definition) is 12. The average molecular weight is 1050 g/mol. The number of carbonyl (C=O) groups is 2. The van der Waals surface area contributed by atoms with Crippen LogP contribution in [0.5, 0.6) is 23.0 Å². The summed E-state index contributed by atoms with van der Waals surface area (Å²) in [5, 5.41) is 2.76. The molecule has 15 nitrogen and oxygen atoms in total. The van der Waals surface area contributed by atoms with Crippen molar-refractivity contribution in [2.24, 2.45) is 14.1 Å². The molecule has 0 bridgehead atoms. The number of ether oxygens (including phenoxy) is 2. The number of nitrogens with two attached hydrogens (primary N) is 1. The van der Waals surface area contributed by atoms with Gasteiger partial charge in [0.05, 0.1) is 59.2 Å². The van der Waals surface area contributed by atoms with Gasteiger partial charge in [-0.2, -0.15) is 0 Å². The number of anilines is 3. The van der Waals surface area contributed by atoms with Gasteiger partial charge in [0.15, 0.2) is 23.1 Å². The number of rotatable bonds is 10. The summed E-state index contributed by atoms with van der Waals surface area (Å²) in [5.74, 6) is 0.303. The lowest BCUT2D eigenvalue weighted by Gasteiger charge is -2.19. The Morgan fingerprint density at radius 1 is 0.649 bits per heavy atom. The van der Waals surface area contributed by atoms with Crippen molar-refractivity contribution in [1.29, 1.82) is 0 Å². The van der Waals surface area contributed by atoms with Crippen LogP contribution in [0.3, 0.4) is 0 Å². The number of para-hydroxylation sites is 2. The number of pyridine rings is 2. The Balaban J connectivity index is 0.000000147. The first kappa shape index (κ1) is 49.0. The number of amides is 4. The Morgan fingerprint density at radius 3 is 1.69 bits per heavy atom. The molecular formula is C54H45F2N11O4S3. The van der Waals surface area contributed by atoms with E-state index < -0.39 is 11.6 Å². The van der Waals surface area contributed by atoms with Gasteiger partial charge in [0.1, 0.15) is 11.5 Å². The summed E-state index contributed by atoms with van der Waals surface area (Å²) in [7, 11) is 3.83. The molecule has 3 N–H and O–H groups in total. The smallest absolute Gasteiger partial charge is 0.329 e. The number of nitrogens with one attached hydrogen (secondary N) is 1. The minimum atomic E-state index is -0.504. The van der Waals surface area contributed by atoms with Crippen molar-refractivity contribution in [2.75, 3.05) is 41.7 Å². The molecule has 4 aromatic carbocycles. The van der Waals surface area contributed by atoms with Crippen LogP contribution in [-0.4, -0.2) is 77.2 Å². The van der Waals surface area contributed by atoms with Gasteiger partial charge in [0.2, 0.25) is 0 Å². The van der Waals surface area contributed by atoms with Crippen LogP contribution in [0.15, 0.2) is 159 Å². The molecule has 0 radical (unpaired) electrons. The molecule has 0 saturated carbocycles. The number of nitrogen functional groups attached to an aromatic ring is 1. The van der Waals surface area contributed by atoms with Crippen molar-refractivity contribution in [3.8, 4) is 44.1 Å². The number of carbonyl (C=O) groups excluding carboxylic acids is 2. The van der Waals surface area contributed by atoms with Crippen LogP contribution in [0.4, 0.5) is 35.4 Å². The number of imidazole rings is 2. The zero-order valence-electron chi connectivity index (χ0n) is 39.8. The second kappa shape index (κ2) is 21.6. The third kappa shape index (κ3) is 10.9. The van der Waals surface area contributed by atoms with Gasteiger partial charge in [-0.1, -0.05) is 54.7 Å². The fourth-order valence-electron chi connectivity index (χ4n) is 8.11. The summed E-state index contributed by atoms with van der Waals surface area (Å²) in [5.41, 5.74) is 11.6. The quantitative estimate of drug-likeness (QED) is 0.0996. The molecule has 8 heterocycles. The molecule has 0 atom stereocenters. The molecule has 2 saturated heterocycles. The number of nitrogens with zero attached hydrogens (tertiary/aromatic N) is 9. The molecule has 20 heteroatoms. The van der Waals surface area contributed by atoms with E-state index in [1.54, 1.807) is 70.1 Å². The first-order valence-electron chi connectivity index (χ1n) is 23.1. The number of fused-ring (bicyclic) bond motifs is 2. The lowest BCUT2D eigenvalue weighted by molar-refractivity contribution is 0.238. The average Bonchev–Trinajstić information content (AvgIpc) is 4.28. The number of aryl methyl sites for hydroxylation is 2. The first-order chi connectivity index (χ1) is 35.9. The molecule has 2 fully saturated rings. The molecule has 372 valence electrons. The maximum Gasteiger partial charge on any atom is 0.329 e.